The van der Waals surface area contributed by atoms with Crippen molar-refractivity contribution >= 4 is 35.6 Å². The van der Waals surface area contributed by atoms with E-state index in [-0.39, 0.29) is 48.7 Å². The lowest BCUT2D eigenvalue weighted by Crippen LogP contribution is -2.48. The van der Waals surface area contributed by atoms with E-state index in [1.54, 1.807) is 6.92 Å². The Hall–Kier alpha value is -4.04. The number of hydrogen-bond acceptors (Lipinski definition) is 8. The number of ether oxygens (including phenoxy) is 1. The highest BCUT2D eigenvalue weighted by Crippen LogP contribution is 2.28. The van der Waals surface area contributed by atoms with Gasteiger partial charge in [-0.15, -0.1) is 0 Å². The molecule has 1 saturated carbocycles. The second-order valence-electron chi connectivity index (χ2n) is 11.2. The quantitative estimate of drug-likeness (QED) is 0.0352. The molecule has 14 N–H and O–H groups in total. The summed E-state index contributed by atoms with van der Waals surface area (Å²) < 4.78 is 5.63. The number of hydrogen-bond donors (Lipinski definition) is 10. The summed E-state index contributed by atoms with van der Waals surface area (Å²) in [5, 5.41) is 25.9. The van der Waals surface area contributed by atoms with E-state index < -0.39 is 41.9 Å². The second-order valence-corrected chi connectivity index (χ2v) is 11.2. The first-order valence-electron chi connectivity index (χ1n) is 15.0. The van der Waals surface area contributed by atoms with Crippen LogP contribution in [0.1, 0.15) is 84.0 Å². The van der Waals surface area contributed by atoms with E-state index in [2.05, 4.69) is 27.8 Å². The fraction of sp³-hybridized carbons (Fsp3) is 0.714. The molecule has 1 rings (SSSR count). The highest BCUT2D eigenvalue weighted by Gasteiger charge is 2.31. The van der Waals surface area contributed by atoms with Gasteiger partial charge >= 0.3 is 5.97 Å². The normalized spacial score (nSPS) is 16.0. The lowest BCUT2D eigenvalue weighted by atomic mass is 9.85. The smallest absolute Gasteiger partial charge is 0.329 e. The molecule has 0 aromatic carbocycles. The number of carbonyl (C=O) groups excluding carboxylic acids is 4. The molecule has 0 bridgehead atoms. The van der Waals surface area contributed by atoms with Crippen LogP contribution in [-0.2, 0) is 23.9 Å². The molecular weight excluding hydrogens is 556 g/mol. The Bertz CT molecular complexity index is 970. The molecule has 4 atom stereocenters. The number of primary amides is 2. The molecule has 3 amide bonds. The zero-order chi connectivity index (χ0) is 32.4. The third kappa shape index (κ3) is 16.3. The van der Waals surface area contributed by atoms with Gasteiger partial charge in [-0.2, -0.15) is 0 Å². The number of esters is 1. The second kappa shape index (κ2) is 20.0. The van der Waals surface area contributed by atoms with Crippen molar-refractivity contribution in [1.29, 1.82) is 10.8 Å². The fourth-order valence-corrected chi connectivity index (χ4v) is 4.97. The molecular formula is C28H52N10O5. The molecule has 0 radical (unpaired) electrons. The topological polar surface area (TPSA) is 277 Å². The van der Waals surface area contributed by atoms with Crippen LogP contribution in [0.15, 0.2) is 12.3 Å². The lowest BCUT2D eigenvalue weighted by Gasteiger charge is -2.29. The predicted molar refractivity (Wildman–Crippen MR) is 164 cm³/mol. The van der Waals surface area contributed by atoms with Crippen molar-refractivity contribution in [2.75, 3.05) is 13.1 Å². The van der Waals surface area contributed by atoms with E-state index in [9.17, 15) is 19.2 Å². The summed E-state index contributed by atoms with van der Waals surface area (Å²) in [6, 6.07) is -1.70. The SMILES string of the molecule is C=C(N[C@@H](CCCNC(=N)N)C(=O)O[C@@H](CC1CCCCC1)C(N)=O)[C@H](CCC(N)=O)NC(=O)[C@@H](C)CCCNC(=N)N. The van der Waals surface area contributed by atoms with Crippen LogP contribution in [0.5, 0.6) is 0 Å². The van der Waals surface area contributed by atoms with E-state index in [1.807, 2.05) is 0 Å². The van der Waals surface area contributed by atoms with Gasteiger partial charge in [-0.05, 0) is 44.4 Å². The molecule has 0 heterocycles. The maximum atomic E-state index is 13.4. The van der Waals surface area contributed by atoms with Gasteiger partial charge in [0.2, 0.25) is 11.8 Å². The summed E-state index contributed by atoms with van der Waals surface area (Å²) >= 11 is 0. The molecule has 0 aromatic heterocycles. The summed E-state index contributed by atoms with van der Waals surface area (Å²) in [7, 11) is 0. The van der Waals surface area contributed by atoms with E-state index >= 15 is 0 Å². The Balaban J connectivity index is 2.98. The van der Waals surface area contributed by atoms with Crippen molar-refractivity contribution in [2.24, 2.45) is 34.8 Å². The third-order valence-electron chi connectivity index (χ3n) is 7.47. The molecule has 1 aliphatic carbocycles. The molecule has 15 heteroatoms. The highest BCUT2D eigenvalue weighted by atomic mass is 16.5. The van der Waals surface area contributed by atoms with Gasteiger partial charge < -0.3 is 48.9 Å². The van der Waals surface area contributed by atoms with Gasteiger partial charge in [-0.3, -0.25) is 25.2 Å². The van der Waals surface area contributed by atoms with Crippen LogP contribution in [0.4, 0.5) is 0 Å². The fourth-order valence-electron chi connectivity index (χ4n) is 4.97. The lowest BCUT2D eigenvalue weighted by molar-refractivity contribution is -0.158. The van der Waals surface area contributed by atoms with Gasteiger partial charge in [0.05, 0.1) is 6.04 Å². The molecule has 0 aromatic rings. The largest absolute Gasteiger partial charge is 0.451 e. The minimum atomic E-state index is -1.08. The number of guanidine groups is 2. The highest BCUT2D eigenvalue weighted by molar-refractivity contribution is 5.84. The number of nitrogens with one attached hydrogen (secondary N) is 6. The standard InChI is InChI=1S/C28H52N10O5/c1-17(8-6-14-35-27(31)32)25(41)38-20(12-13-23(29)39)18(2)37-21(11-7-15-36-28(33)34)26(42)43-22(24(30)40)16-19-9-4-3-5-10-19/h17,19-22,37H,2-16H2,1H3,(H2,29,39)(H2,30,40)(H,38,41)(H4,31,32,35)(H4,33,34,36)/t17-,20-,21-,22-/m0/s1. The summed E-state index contributed by atoms with van der Waals surface area (Å²) in [4.78, 5) is 50.1. The van der Waals surface area contributed by atoms with Crippen LogP contribution in [0.2, 0.25) is 0 Å². The first-order chi connectivity index (χ1) is 20.3. The van der Waals surface area contributed by atoms with Crippen LogP contribution >= 0.6 is 0 Å². The maximum Gasteiger partial charge on any atom is 0.329 e. The Kier molecular flexibility index (Phi) is 17.2. The van der Waals surface area contributed by atoms with Crippen molar-refractivity contribution in [1.82, 2.24) is 21.3 Å². The Morgan fingerprint density at radius 1 is 0.860 bits per heavy atom. The number of nitrogens with two attached hydrogens (primary N) is 4. The van der Waals surface area contributed by atoms with Crippen molar-refractivity contribution in [3.05, 3.63) is 12.3 Å². The van der Waals surface area contributed by atoms with Gasteiger partial charge in [-0.1, -0.05) is 45.6 Å². The third-order valence-corrected chi connectivity index (χ3v) is 7.47. The monoisotopic (exact) mass is 608 g/mol. The first-order valence-corrected chi connectivity index (χ1v) is 15.0. The van der Waals surface area contributed by atoms with Crippen LogP contribution in [0.25, 0.3) is 0 Å². The van der Waals surface area contributed by atoms with E-state index in [0.717, 1.165) is 32.1 Å². The minimum Gasteiger partial charge on any atom is -0.451 e. The Morgan fingerprint density at radius 2 is 1.44 bits per heavy atom. The van der Waals surface area contributed by atoms with Crippen LogP contribution < -0.4 is 44.2 Å². The Labute approximate surface area is 254 Å². The van der Waals surface area contributed by atoms with Gasteiger partial charge in [0.15, 0.2) is 18.0 Å². The van der Waals surface area contributed by atoms with Gasteiger partial charge in [0, 0.05) is 31.1 Å². The molecule has 0 unspecified atom stereocenters. The summed E-state index contributed by atoms with van der Waals surface area (Å²) in [6.45, 7) is 6.54. The van der Waals surface area contributed by atoms with E-state index in [1.165, 1.54) is 0 Å². The van der Waals surface area contributed by atoms with Crippen LogP contribution in [-0.4, -0.2) is 66.9 Å². The first kappa shape index (κ1) is 37.0. The molecule has 0 aliphatic heterocycles. The molecule has 43 heavy (non-hydrogen) atoms. The van der Waals surface area contributed by atoms with Crippen LogP contribution in [0.3, 0.4) is 0 Å². The summed E-state index contributed by atoms with van der Waals surface area (Å²) in [6.07, 6.45) is 6.30. The van der Waals surface area contributed by atoms with E-state index in [0.29, 0.717) is 38.8 Å². The minimum absolute atomic E-state index is 0.0364. The molecule has 244 valence electrons. The Morgan fingerprint density at radius 3 is 1.98 bits per heavy atom. The zero-order valence-corrected chi connectivity index (χ0v) is 25.3. The average Bonchev–Trinajstić information content (AvgIpc) is 2.94. The van der Waals surface area contributed by atoms with Gasteiger partial charge in [0.1, 0.15) is 6.04 Å². The molecule has 1 aliphatic rings. The molecule has 0 spiro atoms. The molecule has 15 nitrogen and oxygen atoms in total. The number of carbonyl (C=O) groups is 4. The van der Waals surface area contributed by atoms with Crippen molar-refractivity contribution in [3.8, 4) is 0 Å². The van der Waals surface area contributed by atoms with Gasteiger partial charge in [-0.25, -0.2) is 4.79 Å². The molecule has 0 saturated heterocycles. The maximum absolute atomic E-state index is 13.4. The summed E-state index contributed by atoms with van der Waals surface area (Å²) in [5.41, 5.74) is 21.9. The number of amides is 3. The van der Waals surface area contributed by atoms with Crippen molar-refractivity contribution in [2.45, 2.75) is 102 Å². The van der Waals surface area contributed by atoms with Gasteiger partial charge in [0.25, 0.3) is 5.91 Å². The van der Waals surface area contributed by atoms with E-state index in [4.69, 9.17) is 38.5 Å². The summed E-state index contributed by atoms with van der Waals surface area (Å²) in [5.74, 6) is -2.77. The predicted octanol–water partition coefficient (Wildman–Crippen LogP) is -0.261. The average molecular weight is 609 g/mol. The van der Waals surface area contributed by atoms with Crippen LogP contribution in [0, 0.1) is 22.7 Å². The van der Waals surface area contributed by atoms with Crippen molar-refractivity contribution in [3.63, 3.8) is 0 Å². The van der Waals surface area contributed by atoms with Crippen molar-refractivity contribution < 1.29 is 23.9 Å². The number of rotatable bonds is 21. The zero-order valence-electron chi connectivity index (χ0n) is 25.3. The molecule has 1 fully saturated rings.